The molecular formula is C18H28N4O2Si. The Balaban J connectivity index is 1.72. The molecule has 0 bridgehead atoms. The van der Waals surface area contributed by atoms with Crippen LogP contribution in [0, 0.1) is 5.92 Å². The Morgan fingerprint density at radius 3 is 2.96 bits per heavy atom. The predicted molar refractivity (Wildman–Crippen MR) is 102 cm³/mol. The van der Waals surface area contributed by atoms with E-state index in [0.717, 1.165) is 49.6 Å². The normalized spacial score (nSPS) is 18.6. The van der Waals surface area contributed by atoms with Gasteiger partial charge in [-0.15, -0.1) is 0 Å². The minimum atomic E-state index is -1.09. The average molecular weight is 361 g/mol. The number of ketones is 1. The Labute approximate surface area is 150 Å². The summed E-state index contributed by atoms with van der Waals surface area (Å²) in [6.07, 6.45) is 5.39. The highest BCUT2D eigenvalue weighted by atomic mass is 28.3. The van der Waals surface area contributed by atoms with Gasteiger partial charge in [0.1, 0.15) is 24.4 Å². The van der Waals surface area contributed by atoms with Crippen LogP contribution in [0.3, 0.4) is 0 Å². The first kappa shape index (κ1) is 18.2. The third-order valence-electron chi connectivity index (χ3n) is 4.68. The molecule has 1 fully saturated rings. The highest BCUT2D eigenvalue weighted by Crippen LogP contribution is 2.22. The molecule has 2 aromatic heterocycles. The van der Waals surface area contributed by atoms with Crippen LogP contribution in [0.1, 0.15) is 23.3 Å². The fourth-order valence-corrected chi connectivity index (χ4v) is 3.87. The number of nitrogens with zero attached hydrogens (tertiary/aromatic N) is 3. The van der Waals surface area contributed by atoms with Crippen molar-refractivity contribution in [3.05, 3.63) is 24.3 Å². The molecule has 0 saturated carbocycles. The van der Waals surface area contributed by atoms with Crippen LogP contribution >= 0.6 is 0 Å². The monoisotopic (exact) mass is 360 g/mol. The van der Waals surface area contributed by atoms with Gasteiger partial charge in [0.05, 0.1) is 0 Å². The smallest absolute Gasteiger partial charge is 0.186 e. The minimum Gasteiger partial charge on any atom is -0.361 e. The van der Waals surface area contributed by atoms with Gasteiger partial charge in [0.2, 0.25) is 0 Å². The van der Waals surface area contributed by atoms with Crippen molar-refractivity contribution in [1.82, 2.24) is 19.9 Å². The first-order chi connectivity index (χ1) is 12.0. The van der Waals surface area contributed by atoms with Crippen LogP contribution in [0.2, 0.25) is 25.7 Å². The number of ether oxygens (including phenoxy) is 1. The maximum Gasteiger partial charge on any atom is 0.186 e. The van der Waals surface area contributed by atoms with E-state index >= 15 is 0 Å². The second-order valence-corrected chi connectivity index (χ2v) is 13.6. The third kappa shape index (κ3) is 4.53. The summed E-state index contributed by atoms with van der Waals surface area (Å²) < 4.78 is 7.78. The molecule has 25 heavy (non-hydrogen) atoms. The van der Waals surface area contributed by atoms with E-state index in [1.54, 1.807) is 0 Å². The zero-order valence-electron chi connectivity index (χ0n) is 15.4. The number of Topliss-reactive ketones (excluding diaryl/α,β-unsaturated/α-hetero) is 1. The van der Waals surface area contributed by atoms with Gasteiger partial charge in [0, 0.05) is 38.7 Å². The molecule has 0 aromatic carbocycles. The highest BCUT2D eigenvalue weighted by molar-refractivity contribution is 6.76. The third-order valence-corrected chi connectivity index (χ3v) is 6.39. The maximum atomic E-state index is 12.8. The summed E-state index contributed by atoms with van der Waals surface area (Å²) >= 11 is 0. The Kier molecular flexibility index (Phi) is 5.66. The number of carbonyl (C=O) groups is 1. The van der Waals surface area contributed by atoms with E-state index < -0.39 is 8.07 Å². The lowest BCUT2D eigenvalue weighted by Gasteiger charge is -2.21. The van der Waals surface area contributed by atoms with Crippen molar-refractivity contribution in [2.75, 3.05) is 19.7 Å². The van der Waals surface area contributed by atoms with Crippen LogP contribution in [0.15, 0.2) is 18.6 Å². The van der Waals surface area contributed by atoms with Crippen LogP contribution in [-0.4, -0.2) is 48.1 Å². The molecule has 2 aromatic rings. The summed E-state index contributed by atoms with van der Waals surface area (Å²) in [6.45, 7) is 9.98. The molecule has 6 nitrogen and oxygen atoms in total. The van der Waals surface area contributed by atoms with Crippen molar-refractivity contribution in [3.63, 3.8) is 0 Å². The number of rotatable bonds is 7. The van der Waals surface area contributed by atoms with Gasteiger partial charge < -0.3 is 14.6 Å². The molecule has 1 atom stereocenters. The van der Waals surface area contributed by atoms with Crippen LogP contribution < -0.4 is 5.32 Å². The van der Waals surface area contributed by atoms with E-state index in [-0.39, 0.29) is 11.7 Å². The Morgan fingerprint density at radius 2 is 2.24 bits per heavy atom. The largest absolute Gasteiger partial charge is 0.361 e. The van der Waals surface area contributed by atoms with Gasteiger partial charge >= 0.3 is 0 Å². The van der Waals surface area contributed by atoms with Gasteiger partial charge in [-0.3, -0.25) is 4.79 Å². The summed E-state index contributed by atoms with van der Waals surface area (Å²) in [7, 11) is -1.09. The minimum absolute atomic E-state index is 0.0168. The molecule has 7 heteroatoms. The molecule has 3 rings (SSSR count). The molecule has 1 saturated heterocycles. The number of fused-ring (bicyclic) bond motifs is 1. The second-order valence-electron chi connectivity index (χ2n) is 8.00. The van der Waals surface area contributed by atoms with Crippen molar-refractivity contribution in [2.45, 2.75) is 45.3 Å². The lowest BCUT2D eigenvalue weighted by Crippen LogP contribution is -2.34. The van der Waals surface area contributed by atoms with Crippen LogP contribution in [0.4, 0.5) is 0 Å². The maximum absolute atomic E-state index is 12.8. The summed E-state index contributed by atoms with van der Waals surface area (Å²) in [5, 5.41) is 4.12. The van der Waals surface area contributed by atoms with E-state index in [1.807, 2.05) is 16.8 Å². The number of nitrogens with one attached hydrogen (secondary N) is 1. The van der Waals surface area contributed by atoms with E-state index in [2.05, 4.69) is 34.9 Å². The SMILES string of the molecule is C[Si](C)(C)CCOCn1ccc2c(C(=O)C3CCCNC3)ncnc21. The summed E-state index contributed by atoms with van der Waals surface area (Å²) in [5.74, 6) is 0.139. The van der Waals surface area contributed by atoms with E-state index in [0.29, 0.717) is 12.4 Å². The van der Waals surface area contributed by atoms with Crippen molar-refractivity contribution in [3.8, 4) is 0 Å². The average Bonchev–Trinajstić information content (AvgIpc) is 3.01. The lowest BCUT2D eigenvalue weighted by molar-refractivity contribution is 0.0889. The van der Waals surface area contributed by atoms with Gasteiger partial charge in [-0.2, -0.15) is 0 Å². The number of carbonyl (C=O) groups excluding carboxylic acids is 1. The fraction of sp³-hybridized carbons (Fsp3) is 0.611. The number of aromatic nitrogens is 3. The van der Waals surface area contributed by atoms with Crippen LogP contribution in [-0.2, 0) is 11.5 Å². The molecule has 0 spiro atoms. The molecule has 0 radical (unpaired) electrons. The highest BCUT2D eigenvalue weighted by Gasteiger charge is 2.25. The van der Waals surface area contributed by atoms with Crippen molar-refractivity contribution >= 4 is 24.9 Å². The van der Waals surface area contributed by atoms with Crippen LogP contribution in [0.25, 0.3) is 11.0 Å². The quantitative estimate of drug-likeness (QED) is 0.467. The summed E-state index contributed by atoms with van der Waals surface area (Å²) in [4.78, 5) is 21.5. The Morgan fingerprint density at radius 1 is 1.40 bits per heavy atom. The van der Waals surface area contributed by atoms with E-state index in [1.165, 1.54) is 6.33 Å². The Hall–Kier alpha value is -1.57. The first-order valence-corrected chi connectivity index (χ1v) is 12.8. The second kappa shape index (κ2) is 7.76. The van der Waals surface area contributed by atoms with E-state index in [4.69, 9.17) is 4.74 Å². The van der Waals surface area contributed by atoms with Gasteiger partial charge in [-0.25, -0.2) is 9.97 Å². The molecule has 1 N–H and O–H groups in total. The fourth-order valence-electron chi connectivity index (χ4n) is 3.11. The molecular weight excluding hydrogens is 332 g/mol. The van der Waals surface area contributed by atoms with Gasteiger partial charge in [0.15, 0.2) is 5.78 Å². The first-order valence-electron chi connectivity index (χ1n) is 9.08. The molecule has 3 heterocycles. The number of piperidine rings is 1. The predicted octanol–water partition coefficient (Wildman–Crippen LogP) is 2.93. The molecule has 1 aliphatic heterocycles. The van der Waals surface area contributed by atoms with E-state index in [9.17, 15) is 4.79 Å². The molecule has 1 unspecified atom stereocenters. The molecule has 1 aliphatic rings. The summed E-state index contributed by atoms with van der Waals surface area (Å²) in [5.41, 5.74) is 1.31. The van der Waals surface area contributed by atoms with Crippen molar-refractivity contribution < 1.29 is 9.53 Å². The van der Waals surface area contributed by atoms with Crippen molar-refractivity contribution in [1.29, 1.82) is 0 Å². The standard InChI is InChI=1S/C18H28N4O2Si/c1-25(2,3)10-9-24-13-22-8-6-15-16(20-12-21-18(15)22)17(23)14-5-4-7-19-11-14/h6,8,12,14,19H,4-5,7,9-11,13H2,1-3H3. The van der Waals surface area contributed by atoms with Crippen molar-refractivity contribution in [2.24, 2.45) is 5.92 Å². The zero-order valence-corrected chi connectivity index (χ0v) is 16.4. The molecule has 0 amide bonds. The van der Waals surface area contributed by atoms with Crippen LogP contribution in [0.5, 0.6) is 0 Å². The topological polar surface area (TPSA) is 69.0 Å². The number of hydrogen-bond acceptors (Lipinski definition) is 5. The summed E-state index contributed by atoms with van der Waals surface area (Å²) in [6, 6.07) is 3.07. The van der Waals surface area contributed by atoms with Gasteiger partial charge in [-0.05, 0) is 31.5 Å². The zero-order chi connectivity index (χ0) is 17.9. The Bertz CT molecular complexity index is 732. The molecule has 0 aliphatic carbocycles. The van der Waals surface area contributed by atoms with Gasteiger partial charge in [0.25, 0.3) is 0 Å². The lowest BCUT2D eigenvalue weighted by atomic mass is 9.92. The van der Waals surface area contributed by atoms with Gasteiger partial charge in [-0.1, -0.05) is 19.6 Å². The number of hydrogen-bond donors (Lipinski definition) is 1. The molecule has 136 valence electrons.